The van der Waals surface area contributed by atoms with Crippen molar-refractivity contribution in [3.8, 4) is 6.07 Å². The van der Waals surface area contributed by atoms with E-state index in [0.29, 0.717) is 48.7 Å². The van der Waals surface area contributed by atoms with Gasteiger partial charge >= 0.3 is 6.03 Å². The lowest BCUT2D eigenvalue weighted by atomic mass is 10.1. The van der Waals surface area contributed by atoms with Gasteiger partial charge in [0.25, 0.3) is 0 Å². The van der Waals surface area contributed by atoms with Gasteiger partial charge in [0, 0.05) is 40.3 Å². The van der Waals surface area contributed by atoms with Gasteiger partial charge in [-0.1, -0.05) is 26.0 Å². The van der Waals surface area contributed by atoms with Crippen LogP contribution in [0.3, 0.4) is 0 Å². The predicted octanol–water partition coefficient (Wildman–Crippen LogP) is 3.49. The van der Waals surface area contributed by atoms with Crippen LogP contribution in [0, 0.1) is 23.1 Å². The molecule has 0 unspecified atom stereocenters. The van der Waals surface area contributed by atoms with Crippen molar-refractivity contribution in [2.45, 2.75) is 20.4 Å². The summed E-state index contributed by atoms with van der Waals surface area (Å²) < 4.78 is 41.2. The van der Waals surface area contributed by atoms with E-state index in [9.17, 15) is 22.9 Å². The first-order chi connectivity index (χ1) is 16.5. The molecule has 1 heterocycles. The molecule has 0 bridgehead atoms. The molecule has 35 heavy (non-hydrogen) atoms. The summed E-state index contributed by atoms with van der Waals surface area (Å²) in [5.41, 5.74) is 2.09. The van der Waals surface area contributed by atoms with Crippen LogP contribution < -0.4 is 9.21 Å². The van der Waals surface area contributed by atoms with E-state index >= 15 is 0 Å². The second-order valence-electron chi connectivity index (χ2n) is 9.27. The van der Waals surface area contributed by atoms with Crippen LogP contribution in [0.25, 0.3) is 0 Å². The summed E-state index contributed by atoms with van der Waals surface area (Å²) in [4.78, 5) is 17.6. The molecular weight excluding hydrogens is 469 g/mol. The Balaban J connectivity index is 1.90. The summed E-state index contributed by atoms with van der Waals surface area (Å²) in [7, 11) is -0.274. The second kappa shape index (κ2) is 11.0. The Morgan fingerprint density at radius 1 is 1.09 bits per heavy atom. The summed E-state index contributed by atoms with van der Waals surface area (Å²) in [5.74, 6) is -0.542. The van der Waals surface area contributed by atoms with E-state index in [4.69, 9.17) is 0 Å². The largest absolute Gasteiger partial charge is 0.367 e. The number of sulfonamides is 1. The fourth-order valence-corrected chi connectivity index (χ4v) is 5.89. The van der Waals surface area contributed by atoms with E-state index in [2.05, 4.69) is 6.07 Å². The third-order valence-corrected chi connectivity index (χ3v) is 7.88. The van der Waals surface area contributed by atoms with E-state index in [1.54, 1.807) is 54.2 Å². The van der Waals surface area contributed by atoms with Crippen LogP contribution in [0.15, 0.2) is 42.5 Å². The topological polar surface area (TPSA) is 88.0 Å². The van der Waals surface area contributed by atoms with Crippen LogP contribution in [0.4, 0.5) is 20.6 Å². The lowest BCUT2D eigenvalue weighted by Gasteiger charge is -2.37. The monoisotopic (exact) mass is 501 g/mol. The normalized spacial score (nSPS) is 14.1. The zero-order chi connectivity index (χ0) is 25.8. The van der Waals surface area contributed by atoms with Crippen LogP contribution in [-0.4, -0.2) is 70.3 Å². The third kappa shape index (κ3) is 6.42. The van der Waals surface area contributed by atoms with Crippen molar-refractivity contribution in [1.29, 1.82) is 5.26 Å². The minimum atomic E-state index is -3.70. The lowest BCUT2D eigenvalue weighted by Crippen LogP contribution is -2.51. The number of carbonyl (C=O) groups is 1. The smallest absolute Gasteiger partial charge is 0.319 e. The van der Waals surface area contributed by atoms with Crippen LogP contribution in [0.5, 0.6) is 0 Å². The van der Waals surface area contributed by atoms with Gasteiger partial charge in [0.2, 0.25) is 10.0 Å². The highest BCUT2D eigenvalue weighted by molar-refractivity contribution is 7.92. The molecule has 1 aliphatic heterocycles. The third-order valence-electron chi connectivity index (χ3n) is 5.78. The van der Waals surface area contributed by atoms with Crippen molar-refractivity contribution in [3.63, 3.8) is 0 Å². The highest BCUT2D eigenvalue weighted by Crippen LogP contribution is 2.30. The summed E-state index contributed by atoms with van der Waals surface area (Å²) in [6, 6.07) is 12.9. The zero-order valence-electron chi connectivity index (χ0n) is 20.6. The first-order valence-corrected chi connectivity index (χ1v) is 13.1. The minimum Gasteiger partial charge on any atom is -0.367 e. The van der Waals surface area contributed by atoms with Crippen LogP contribution in [-0.2, 0) is 16.6 Å². The van der Waals surface area contributed by atoms with Crippen molar-refractivity contribution in [2.24, 2.45) is 5.92 Å². The van der Waals surface area contributed by atoms with E-state index in [1.807, 2.05) is 18.7 Å². The molecule has 2 aromatic rings. The molecule has 1 fully saturated rings. The number of urea groups is 1. The number of hydrogen-bond acceptors (Lipinski definition) is 5. The SMILES string of the molecule is CC(C)CS(=O)(=O)N(Cc1ccc(F)cc1)c1ccc(N2CCN(C(=O)N(C)C)CC2)c(C#N)c1. The van der Waals surface area contributed by atoms with Crippen molar-refractivity contribution in [2.75, 3.05) is 55.2 Å². The van der Waals surface area contributed by atoms with Gasteiger partial charge in [-0.3, -0.25) is 4.31 Å². The number of hydrogen-bond donors (Lipinski definition) is 0. The van der Waals surface area contributed by atoms with Gasteiger partial charge in [0.1, 0.15) is 11.9 Å². The number of piperazine rings is 1. The van der Waals surface area contributed by atoms with Crippen LogP contribution in [0.1, 0.15) is 25.0 Å². The Bertz CT molecular complexity index is 1180. The molecule has 0 saturated carbocycles. The van der Waals surface area contributed by atoms with Gasteiger partial charge in [0.15, 0.2) is 0 Å². The minimum absolute atomic E-state index is 0.0326. The molecule has 3 rings (SSSR count). The maximum Gasteiger partial charge on any atom is 0.319 e. The molecule has 0 radical (unpaired) electrons. The fourth-order valence-electron chi connectivity index (χ4n) is 4.08. The maximum absolute atomic E-state index is 13.4. The second-order valence-corrected chi connectivity index (χ2v) is 11.2. The van der Waals surface area contributed by atoms with Crippen molar-refractivity contribution in [1.82, 2.24) is 9.80 Å². The number of anilines is 2. The van der Waals surface area contributed by atoms with E-state index in [1.165, 1.54) is 16.4 Å². The average molecular weight is 502 g/mol. The highest BCUT2D eigenvalue weighted by Gasteiger charge is 2.27. The van der Waals surface area contributed by atoms with E-state index in [-0.39, 0.29) is 24.2 Å². The molecule has 0 atom stereocenters. The summed E-state index contributed by atoms with van der Waals surface area (Å²) in [6.07, 6.45) is 0. The molecule has 0 aliphatic carbocycles. The summed E-state index contributed by atoms with van der Waals surface area (Å²) in [5, 5.41) is 9.88. The fraction of sp³-hybridized carbons (Fsp3) is 0.440. The first-order valence-electron chi connectivity index (χ1n) is 11.5. The number of halogens is 1. The molecule has 0 N–H and O–H groups in total. The molecule has 1 aliphatic rings. The molecular formula is C25H32FN5O3S. The highest BCUT2D eigenvalue weighted by atomic mass is 32.2. The molecule has 0 spiro atoms. The number of nitrogens with zero attached hydrogens (tertiary/aromatic N) is 5. The number of nitriles is 1. The number of carbonyl (C=O) groups excluding carboxylic acids is 1. The van der Waals surface area contributed by atoms with Gasteiger partial charge < -0.3 is 14.7 Å². The van der Waals surface area contributed by atoms with Crippen molar-refractivity contribution < 1.29 is 17.6 Å². The van der Waals surface area contributed by atoms with Gasteiger partial charge in [-0.05, 0) is 41.8 Å². The van der Waals surface area contributed by atoms with Gasteiger partial charge in [-0.15, -0.1) is 0 Å². The Morgan fingerprint density at radius 2 is 1.71 bits per heavy atom. The average Bonchev–Trinajstić information content (AvgIpc) is 2.82. The van der Waals surface area contributed by atoms with Gasteiger partial charge in [-0.25, -0.2) is 17.6 Å². The van der Waals surface area contributed by atoms with Gasteiger partial charge in [-0.2, -0.15) is 5.26 Å². The van der Waals surface area contributed by atoms with Crippen molar-refractivity contribution >= 4 is 27.4 Å². The molecule has 10 heteroatoms. The summed E-state index contributed by atoms with van der Waals surface area (Å²) >= 11 is 0. The first kappa shape index (κ1) is 26.3. The summed E-state index contributed by atoms with van der Waals surface area (Å²) in [6.45, 7) is 5.89. The van der Waals surface area contributed by atoms with Crippen LogP contribution >= 0.6 is 0 Å². The zero-order valence-corrected chi connectivity index (χ0v) is 21.4. The number of rotatable bonds is 7. The Labute approximate surface area is 207 Å². The Hall–Kier alpha value is -3.32. The molecule has 188 valence electrons. The number of benzene rings is 2. The Kier molecular flexibility index (Phi) is 8.22. The molecule has 1 saturated heterocycles. The molecule has 2 aromatic carbocycles. The van der Waals surface area contributed by atoms with Crippen molar-refractivity contribution in [3.05, 3.63) is 59.4 Å². The predicted molar refractivity (Wildman–Crippen MR) is 135 cm³/mol. The van der Waals surface area contributed by atoms with E-state index in [0.717, 1.165) is 0 Å². The van der Waals surface area contributed by atoms with Gasteiger partial charge in [0.05, 0.1) is 29.2 Å². The lowest BCUT2D eigenvalue weighted by molar-refractivity contribution is 0.168. The Morgan fingerprint density at radius 3 is 2.26 bits per heavy atom. The molecule has 2 amide bonds. The maximum atomic E-state index is 13.4. The molecule has 0 aromatic heterocycles. The molecule has 8 nitrogen and oxygen atoms in total. The standard InChI is InChI=1S/C25H32FN5O3S/c1-19(2)18-35(33,34)31(17-20-5-7-22(26)8-6-20)23-9-10-24(21(15-23)16-27)29-11-13-30(14-12-29)25(32)28(3)4/h5-10,15,19H,11-14,17-18H2,1-4H3. The number of amides is 2. The van der Waals surface area contributed by atoms with Crippen LogP contribution in [0.2, 0.25) is 0 Å². The van der Waals surface area contributed by atoms with E-state index < -0.39 is 15.8 Å². The quantitative estimate of drug-likeness (QED) is 0.580.